The van der Waals surface area contributed by atoms with Gasteiger partial charge in [0.15, 0.2) is 8.32 Å². The monoisotopic (exact) mass is 462 g/mol. The predicted molar refractivity (Wildman–Crippen MR) is 125 cm³/mol. The zero-order valence-corrected chi connectivity index (χ0v) is 21.3. The molecule has 1 saturated heterocycles. The van der Waals surface area contributed by atoms with E-state index in [1.165, 1.54) is 0 Å². The Kier molecular flexibility index (Phi) is 6.92. The summed E-state index contributed by atoms with van der Waals surface area (Å²) in [7, 11) is -2.11. The van der Waals surface area contributed by atoms with Crippen LogP contribution in [0.1, 0.15) is 41.0 Å². The normalized spacial score (nSPS) is 36.7. The average molecular weight is 463 g/mol. The highest BCUT2D eigenvalue weighted by Gasteiger charge is 2.49. The minimum absolute atomic E-state index is 0.0212. The van der Waals surface area contributed by atoms with Crippen molar-refractivity contribution in [1.82, 2.24) is 9.55 Å². The summed E-state index contributed by atoms with van der Waals surface area (Å²) in [5, 5.41) is 22.1. The maximum Gasteiger partial charge on any atom is 0.311 e. The Bertz CT molecular complexity index is 869. The van der Waals surface area contributed by atoms with Gasteiger partial charge in [-0.2, -0.15) is 0 Å². The third-order valence-corrected chi connectivity index (χ3v) is 11.6. The standard InChI is InChI=1S/C24H38N2O5Si/c1-16-12-20-21(17(22(28)30-20)14-26-11-10-25-15-26)18(27)13-24(5,29)9-8-19(16)31-32(6,7)23(2,3)4/h8-12,15,17-21,27,29H,13-14H2,1-7H3/b9-8+,16-12-/t17-,18+,19+,20+,21+,24-/m0/s1. The molecule has 3 rings (SSSR count). The van der Waals surface area contributed by atoms with Crippen LogP contribution in [0, 0.1) is 11.8 Å². The van der Waals surface area contributed by atoms with Gasteiger partial charge in [0.2, 0.25) is 0 Å². The summed E-state index contributed by atoms with van der Waals surface area (Å²) in [5.41, 5.74) is -0.344. The zero-order valence-electron chi connectivity index (χ0n) is 20.3. The number of carbonyl (C=O) groups excluding carboxylic acids is 1. The summed E-state index contributed by atoms with van der Waals surface area (Å²) < 4.78 is 14.2. The van der Waals surface area contributed by atoms with Crippen LogP contribution in [0.25, 0.3) is 0 Å². The molecule has 2 N–H and O–H groups in total. The van der Waals surface area contributed by atoms with E-state index in [9.17, 15) is 15.0 Å². The minimum Gasteiger partial charge on any atom is -0.457 e. The lowest BCUT2D eigenvalue weighted by Crippen LogP contribution is -2.44. The maximum absolute atomic E-state index is 12.8. The summed E-state index contributed by atoms with van der Waals surface area (Å²) in [6, 6.07) is 0. The number of carbonyl (C=O) groups is 1. The summed E-state index contributed by atoms with van der Waals surface area (Å²) in [6.45, 7) is 14.9. The van der Waals surface area contributed by atoms with Crippen molar-refractivity contribution in [3.05, 3.63) is 42.5 Å². The van der Waals surface area contributed by atoms with Crippen molar-refractivity contribution in [2.75, 3.05) is 0 Å². The fraction of sp³-hybridized carbons (Fsp3) is 0.667. The van der Waals surface area contributed by atoms with Gasteiger partial charge in [0, 0.05) is 31.3 Å². The first-order valence-corrected chi connectivity index (χ1v) is 14.2. The van der Waals surface area contributed by atoms with Gasteiger partial charge in [-0.05, 0) is 43.6 Å². The van der Waals surface area contributed by atoms with Gasteiger partial charge in [-0.25, -0.2) is 4.98 Å². The molecule has 1 aromatic rings. The molecule has 0 saturated carbocycles. The van der Waals surface area contributed by atoms with Crippen molar-refractivity contribution < 1.29 is 24.2 Å². The van der Waals surface area contributed by atoms with Crippen LogP contribution in [0.3, 0.4) is 0 Å². The number of esters is 1. The third-order valence-electron chi connectivity index (χ3n) is 7.17. The first-order chi connectivity index (χ1) is 14.7. The van der Waals surface area contributed by atoms with E-state index in [0.717, 1.165) is 5.57 Å². The third kappa shape index (κ3) is 5.42. The van der Waals surface area contributed by atoms with Crippen LogP contribution in [0.5, 0.6) is 0 Å². The molecule has 2 aliphatic rings. The second kappa shape index (κ2) is 8.89. The van der Waals surface area contributed by atoms with Crippen LogP contribution in [0.4, 0.5) is 0 Å². The molecule has 0 aromatic carbocycles. The molecule has 1 aromatic heterocycles. The molecule has 32 heavy (non-hydrogen) atoms. The van der Waals surface area contributed by atoms with Gasteiger partial charge in [0.1, 0.15) is 6.10 Å². The number of aliphatic hydroxyl groups excluding tert-OH is 1. The van der Waals surface area contributed by atoms with Crippen molar-refractivity contribution >= 4 is 14.3 Å². The second-order valence-electron chi connectivity index (χ2n) is 11.0. The highest BCUT2D eigenvalue weighted by molar-refractivity contribution is 6.74. The van der Waals surface area contributed by atoms with Gasteiger partial charge < -0.3 is 23.9 Å². The minimum atomic E-state index is -2.11. The number of hydrogen-bond acceptors (Lipinski definition) is 6. The second-order valence-corrected chi connectivity index (χ2v) is 15.8. The molecule has 1 fully saturated rings. The van der Waals surface area contributed by atoms with Crippen molar-refractivity contribution in [1.29, 1.82) is 0 Å². The van der Waals surface area contributed by atoms with Crippen LogP contribution in [-0.4, -0.2) is 58.0 Å². The molecule has 1 aliphatic carbocycles. The Labute approximate surface area is 192 Å². The summed E-state index contributed by atoms with van der Waals surface area (Å²) in [5.74, 6) is -1.36. The summed E-state index contributed by atoms with van der Waals surface area (Å²) in [4.78, 5) is 16.9. The van der Waals surface area contributed by atoms with Crippen molar-refractivity contribution in [2.45, 2.75) is 89.6 Å². The van der Waals surface area contributed by atoms with Crippen LogP contribution >= 0.6 is 0 Å². The van der Waals surface area contributed by atoms with E-state index in [4.69, 9.17) is 9.16 Å². The Morgan fingerprint density at radius 2 is 2.06 bits per heavy atom. The van der Waals surface area contributed by atoms with Crippen molar-refractivity contribution in [3.8, 4) is 0 Å². The largest absolute Gasteiger partial charge is 0.457 e. The lowest BCUT2D eigenvalue weighted by molar-refractivity contribution is -0.143. The van der Waals surface area contributed by atoms with E-state index in [-0.39, 0.29) is 23.5 Å². The molecular formula is C24H38N2O5Si. The first-order valence-electron chi connectivity index (χ1n) is 11.3. The molecule has 2 heterocycles. The van der Waals surface area contributed by atoms with Gasteiger partial charge in [0.05, 0.1) is 30.1 Å². The van der Waals surface area contributed by atoms with Gasteiger partial charge in [-0.1, -0.05) is 32.9 Å². The van der Waals surface area contributed by atoms with Gasteiger partial charge in [-0.3, -0.25) is 4.79 Å². The van der Waals surface area contributed by atoms with Crippen molar-refractivity contribution in [2.24, 2.45) is 11.8 Å². The molecule has 0 spiro atoms. The van der Waals surface area contributed by atoms with E-state index < -0.39 is 38.0 Å². The van der Waals surface area contributed by atoms with Crippen molar-refractivity contribution in [3.63, 3.8) is 0 Å². The number of ether oxygens (including phenoxy) is 1. The predicted octanol–water partition coefficient (Wildman–Crippen LogP) is 3.45. The Morgan fingerprint density at radius 1 is 1.38 bits per heavy atom. The number of imidazole rings is 1. The lowest BCUT2D eigenvalue weighted by atomic mass is 9.79. The highest BCUT2D eigenvalue weighted by Crippen LogP contribution is 2.40. The molecular weight excluding hydrogens is 424 g/mol. The van der Waals surface area contributed by atoms with Gasteiger partial charge in [-0.15, -0.1) is 0 Å². The molecule has 7 nitrogen and oxygen atoms in total. The SMILES string of the molecule is C/C1=C/[C@H]2OC(=O)[C@@H](Cn3ccnc3)[C@@H]2[C@H](O)C[C@@](C)(O)/C=C/[C@H]1O[Si](C)(C)C(C)(C)C. The topological polar surface area (TPSA) is 93.8 Å². The Hall–Kier alpha value is -1.74. The first kappa shape index (κ1) is 24.9. The van der Waals surface area contributed by atoms with Gasteiger partial charge >= 0.3 is 5.97 Å². The van der Waals surface area contributed by atoms with Crippen LogP contribution in [0.15, 0.2) is 42.5 Å². The maximum atomic E-state index is 12.8. The highest BCUT2D eigenvalue weighted by atomic mass is 28.4. The molecule has 0 amide bonds. The number of hydrogen-bond donors (Lipinski definition) is 2. The van der Waals surface area contributed by atoms with Crippen LogP contribution in [-0.2, 0) is 20.5 Å². The molecule has 6 atom stereocenters. The molecule has 178 valence electrons. The summed E-state index contributed by atoms with van der Waals surface area (Å²) >= 11 is 0. The molecule has 1 aliphatic heterocycles. The average Bonchev–Trinajstić information content (AvgIpc) is 3.25. The number of fused-ring (bicyclic) bond motifs is 1. The van der Waals surface area contributed by atoms with E-state index in [1.807, 2.05) is 23.6 Å². The lowest BCUT2D eigenvalue weighted by Gasteiger charge is -2.39. The van der Waals surface area contributed by atoms with Crippen LogP contribution < -0.4 is 0 Å². The summed E-state index contributed by atoms with van der Waals surface area (Å²) in [6.07, 6.45) is 8.86. The van der Waals surface area contributed by atoms with E-state index in [2.05, 4.69) is 38.8 Å². The molecule has 0 radical (unpaired) electrons. The van der Waals surface area contributed by atoms with E-state index >= 15 is 0 Å². The van der Waals surface area contributed by atoms with E-state index in [1.54, 1.807) is 31.7 Å². The smallest absolute Gasteiger partial charge is 0.311 e. The van der Waals surface area contributed by atoms with E-state index in [0.29, 0.717) is 6.54 Å². The fourth-order valence-corrected chi connectivity index (χ4v) is 5.44. The Balaban J connectivity index is 1.97. The number of aromatic nitrogens is 2. The van der Waals surface area contributed by atoms with Gasteiger partial charge in [0.25, 0.3) is 0 Å². The zero-order chi connectivity index (χ0) is 23.9. The Morgan fingerprint density at radius 3 is 2.66 bits per heavy atom. The molecule has 0 unspecified atom stereocenters. The van der Waals surface area contributed by atoms with Crippen LogP contribution in [0.2, 0.25) is 18.1 Å². The number of nitrogens with zero attached hydrogens (tertiary/aromatic N) is 2. The molecule has 0 bridgehead atoms. The number of rotatable bonds is 4. The quantitative estimate of drug-likeness (QED) is 0.404. The number of aliphatic hydroxyl groups is 2. The fourth-order valence-electron chi connectivity index (χ4n) is 4.19. The molecule has 8 heteroatoms.